The molecule has 0 aliphatic heterocycles. The highest BCUT2D eigenvalue weighted by Crippen LogP contribution is 2.31. The third-order valence-corrected chi connectivity index (χ3v) is 4.16. The lowest BCUT2D eigenvalue weighted by Gasteiger charge is -2.12. The molecule has 1 heterocycles. The molecule has 0 saturated heterocycles. The number of anilines is 3. The highest BCUT2D eigenvalue weighted by molar-refractivity contribution is 9.11. The summed E-state index contributed by atoms with van der Waals surface area (Å²) in [5.74, 6) is 1.36. The number of rotatable bonds is 3. The van der Waals surface area contributed by atoms with Crippen LogP contribution in [0.5, 0.6) is 0 Å². The molecule has 0 bridgehead atoms. The summed E-state index contributed by atoms with van der Waals surface area (Å²) in [5.41, 5.74) is 1.84. The fourth-order valence-electron chi connectivity index (χ4n) is 2.00. The Hall–Kier alpha value is -1.66. The maximum atomic E-state index is 4.51. The summed E-state index contributed by atoms with van der Waals surface area (Å²) < 4.78 is 1.98. The monoisotopic (exact) mass is 406 g/mol. The Balaban J connectivity index is 2.10. The average molecular weight is 408 g/mol. The lowest BCUT2D eigenvalue weighted by Crippen LogP contribution is -2.02. The van der Waals surface area contributed by atoms with Gasteiger partial charge in [-0.05, 0) is 46.3 Å². The second kappa shape index (κ2) is 5.99. The van der Waals surface area contributed by atoms with Crippen LogP contribution in [0, 0.1) is 0 Å². The van der Waals surface area contributed by atoms with Crippen LogP contribution in [0.15, 0.2) is 51.4 Å². The van der Waals surface area contributed by atoms with Crippen molar-refractivity contribution in [1.82, 2.24) is 9.97 Å². The van der Waals surface area contributed by atoms with Crippen LogP contribution in [0.1, 0.15) is 0 Å². The normalized spacial score (nSPS) is 10.6. The zero-order chi connectivity index (χ0) is 14.8. The molecule has 1 aromatic heterocycles. The van der Waals surface area contributed by atoms with Crippen molar-refractivity contribution in [2.45, 2.75) is 0 Å². The summed E-state index contributed by atoms with van der Waals surface area (Å²) in [6, 6.07) is 13.9. The van der Waals surface area contributed by atoms with E-state index >= 15 is 0 Å². The van der Waals surface area contributed by atoms with Crippen molar-refractivity contribution < 1.29 is 0 Å². The van der Waals surface area contributed by atoms with Gasteiger partial charge >= 0.3 is 0 Å². The van der Waals surface area contributed by atoms with Gasteiger partial charge in [0.1, 0.15) is 5.82 Å². The van der Waals surface area contributed by atoms with E-state index in [0.29, 0.717) is 5.95 Å². The zero-order valence-corrected chi connectivity index (χ0v) is 14.4. The number of nitrogens with zero attached hydrogens (tertiary/aromatic N) is 2. The van der Waals surface area contributed by atoms with Crippen LogP contribution in [-0.4, -0.2) is 17.0 Å². The molecule has 6 heteroatoms. The predicted molar refractivity (Wildman–Crippen MR) is 94.2 cm³/mol. The summed E-state index contributed by atoms with van der Waals surface area (Å²) >= 11 is 7.00. The first kappa shape index (κ1) is 14.3. The lowest BCUT2D eigenvalue weighted by atomic mass is 10.2. The van der Waals surface area contributed by atoms with Gasteiger partial charge in [0, 0.05) is 21.4 Å². The zero-order valence-electron chi connectivity index (χ0n) is 11.2. The van der Waals surface area contributed by atoms with Gasteiger partial charge < -0.3 is 10.6 Å². The summed E-state index contributed by atoms with van der Waals surface area (Å²) in [4.78, 5) is 8.96. The van der Waals surface area contributed by atoms with Gasteiger partial charge in [-0.15, -0.1) is 0 Å². The molecule has 106 valence electrons. The van der Waals surface area contributed by atoms with E-state index < -0.39 is 0 Å². The first-order chi connectivity index (χ1) is 10.2. The van der Waals surface area contributed by atoms with Gasteiger partial charge in [0.15, 0.2) is 0 Å². The Morgan fingerprint density at radius 3 is 2.57 bits per heavy atom. The molecule has 0 saturated carbocycles. The van der Waals surface area contributed by atoms with Crippen LogP contribution in [0.25, 0.3) is 10.9 Å². The van der Waals surface area contributed by atoms with Crippen molar-refractivity contribution in [3.8, 4) is 0 Å². The van der Waals surface area contributed by atoms with E-state index in [-0.39, 0.29) is 0 Å². The second-order valence-electron chi connectivity index (χ2n) is 4.41. The minimum Gasteiger partial charge on any atom is -0.357 e. The van der Waals surface area contributed by atoms with Crippen LogP contribution in [0.3, 0.4) is 0 Å². The van der Waals surface area contributed by atoms with Crippen molar-refractivity contribution in [1.29, 1.82) is 0 Å². The number of hydrogen-bond acceptors (Lipinski definition) is 4. The number of para-hydroxylation sites is 1. The Labute approximate surface area is 139 Å². The fourth-order valence-corrected chi connectivity index (χ4v) is 3.15. The molecule has 0 atom stereocenters. The molecule has 3 rings (SSSR count). The molecule has 0 spiro atoms. The second-order valence-corrected chi connectivity index (χ2v) is 6.18. The smallest absolute Gasteiger partial charge is 0.224 e. The number of fused-ring (bicyclic) bond motifs is 1. The molecular weight excluding hydrogens is 396 g/mol. The van der Waals surface area contributed by atoms with E-state index in [1.54, 1.807) is 0 Å². The molecule has 0 amide bonds. The maximum absolute atomic E-state index is 4.51. The number of hydrogen-bond donors (Lipinski definition) is 2. The molecule has 0 fully saturated rings. The molecule has 2 N–H and O–H groups in total. The highest BCUT2D eigenvalue weighted by Gasteiger charge is 2.08. The summed E-state index contributed by atoms with van der Waals surface area (Å²) in [5, 5.41) is 7.32. The molecule has 0 radical (unpaired) electrons. The number of nitrogens with one attached hydrogen (secondary N) is 2. The minimum atomic E-state index is 0.587. The molecule has 0 aliphatic carbocycles. The van der Waals surface area contributed by atoms with E-state index in [1.807, 2.05) is 49.5 Å². The first-order valence-corrected chi connectivity index (χ1v) is 7.92. The van der Waals surface area contributed by atoms with E-state index in [0.717, 1.165) is 31.4 Å². The van der Waals surface area contributed by atoms with Gasteiger partial charge in [0.25, 0.3) is 0 Å². The molecule has 0 unspecified atom stereocenters. The van der Waals surface area contributed by atoms with E-state index in [4.69, 9.17) is 0 Å². The van der Waals surface area contributed by atoms with Crippen molar-refractivity contribution in [3.63, 3.8) is 0 Å². The van der Waals surface area contributed by atoms with Gasteiger partial charge in [-0.2, -0.15) is 4.98 Å². The van der Waals surface area contributed by atoms with Gasteiger partial charge in [0.05, 0.1) is 11.2 Å². The predicted octanol–water partition coefficient (Wildman–Crippen LogP) is 4.94. The molecule has 3 aromatic rings. The first-order valence-electron chi connectivity index (χ1n) is 6.34. The standard InChI is InChI=1S/C15H12Br2N4/c1-18-15-20-12-5-3-2-4-10(12)14(21-15)19-13-7-6-9(16)8-11(13)17/h2-8H,1H3,(H2,18,19,20,21). The molecular formula is C15H12Br2N4. The van der Waals surface area contributed by atoms with Crippen molar-refractivity contribution in [2.24, 2.45) is 0 Å². The SMILES string of the molecule is CNc1nc(Nc2ccc(Br)cc2Br)c2ccccc2n1. The van der Waals surface area contributed by atoms with Crippen LogP contribution in [-0.2, 0) is 0 Å². The highest BCUT2D eigenvalue weighted by atomic mass is 79.9. The lowest BCUT2D eigenvalue weighted by molar-refractivity contribution is 1.19. The van der Waals surface area contributed by atoms with Gasteiger partial charge in [-0.25, -0.2) is 4.98 Å². The van der Waals surface area contributed by atoms with Crippen molar-refractivity contribution >= 4 is 60.2 Å². The van der Waals surface area contributed by atoms with Crippen LogP contribution >= 0.6 is 31.9 Å². The average Bonchev–Trinajstić information content (AvgIpc) is 2.49. The number of halogens is 2. The maximum Gasteiger partial charge on any atom is 0.224 e. The van der Waals surface area contributed by atoms with Gasteiger partial charge in [0.2, 0.25) is 5.95 Å². The third-order valence-electron chi connectivity index (χ3n) is 3.01. The Morgan fingerprint density at radius 2 is 1.81 bits per heavy atom. The van der Waals surface area contributed by atoms with Crippen molar-refractivity contribution in [3.05, 3.63) is 51.4 Å². The fraction of sp³-hybridized carbons (Fsp3) is 0.0667. The van der Waals surface area contributed by atoms with Gasteiger partial charge in [-0.3, -0.25) is 0 Å². The van der Waals surface area contributed by atoms with Crippen LogP contribution in [0.2, 0.25) is 0 Å². The largest absolute Gasteiger partial charge is 0.357 e. The van der Waals surface area contributed by atoms with E-state index in [9.17, 15) is 0 Å². The van der Waals surface area contributed by atoms with Crippen molar-refractivity contribution in [2.75, 3.05) is 17.7 Å². The summed E-state index contributed by atoms with van der Waals surface area (Å²) in [6.07, 6.45) is 0. The topological polar surface area (TPSA) is 49.8 Å². The van der Waals surface area contributed by atoms with E-state index in [2.05, 4.69) is 52.5 Å². The number of benzene rings is 2. The van der Waals surface area contributed by atoms with Gasteiger partial charge in [-0.1, -0.05) is 28.1 Å². The Bertz CT molecular complexity index is 805. The minimum absolute atomic E-state index is 0.587. The molecule has 2 aromatic carbocycles. The van der Waals surface area contributed by atoms with Crippen LogP contribution in [0.4, 0.5) is 17.5 Å². The Morgan fingerprint density at radius 1 is 1.00 bits per heavy atom. The Kier molecular flexibility index (Phi) is 4.07. The molecule has 21 heavy (non-hydrogen) atoms. The molecule has 0 aliphatic rings. The van der Waals surface area contributed by atoms with E-state index in [1.165, 1.54) is 0 Å². The summed E-state index contributed by atoms with van der Waals surface area (Å²) in [6.45, 7) is 0. The molecule has 4 nitrogen and oxygen atoms in total. The quantitative estimate of drug-likeness (QED) is 0.645. The summed E-state index contributed by atoms with van der Waals surface area (Å²) in [7, 11) is 1.81. The third kappa shape index (κ3) is 3.01. The van der Waals surface area contributed by atoms with Crippen LogP contribution < -0.4 is 10.6 Å². The number of aromatic nitrogens is 2.